The first-order valence-corrected chi connectivity index (χ1v) is 7.94. The van der Waals surface area contributed by atoms with Gasteiger partial charge in [-0.15, -0.1) is 0 Å². The van der Waals surface area contributed by atoms with Crippen molar-refractivity contribution in [1.82, 2.24) is 4.72 Å². The molecular formula is C14H12N2O4S. The Bertz CT molecular complexity index is 800. The standard InChI is InChI=1S/C14H12N2O4S/c17-16(18)12-7-5-10(6-8-12)14-13-4-2-1-3-11(13)9-21(19,20)15-14/h1-8,14-15H,9H2. The predicted molar refractivity (Wildman–Crippen MR) is 77.1 cm³/mol. The first-order chi connectivity index (χ1) is 9.96. The zero-order valence-electron chi connectivity index (χ0n) is 10.9. The van der Waals surface area contributed by atoms with Crippen LogP contribution in [0.2, 0.25) is 0 Å². The molecule has 2 aromatic rings. The van der Waals surface area contributed by atoms with Gasteiger partial charge in [-0.2, -0.15) is 0 Å². The highest BCUT2D eigenvalue weighted by atomic mass is 32.2. The number of fused-ring (bicyclic) bond motifs is 1. The fourth-order valence-corrected chi connectivity index (χ4v) is 3.85. The molecule has 2 aromatic carbocycles. The third kappa shape index (κ3) is 2.65. The van der Waals surface area contributed by atoms with Crippen molar-refractivity contribution in [1.29, 1.82) is 0 Å². The molecule has 7 heteroatoms. The van der Waals surface area contributed by atoms with Gasteiger partial charge in [-0.05, 0) is 16.7 Å². The molecule has 3 rings (SSSR count). The number of nitro groups is 1. The summed E-state index contributed by atoms with van der Waals surface area (Å²) in [6.45, 7) is 0. The van der Waals surface area contributed by atoms with E-state index in [1.807, 2.05) is 12.1 Å². The van der Waals surface area contributed by atoms with Crippen LogP contribution in [0.25, 0.3) is 0 Å². The molecule has 0 bridgehead atoms. The first-order valence-electron chi connectivity index (χ1n) is 6.28. The number of rotatable bonds is 2. The lowest BCUT2D eigenvalue weighted by Gasteiger charge is -2.27. The van der Waals surface area contributed by atoms with Gasteiger partial charge in [0.15, 0.2) is 0 Å². The molecule has 1 N–H and O–H groups in total. The Labute approximate surface area is 121 Å². The second-order valence-corrected chi connectivity index (χ2v) is 6.61. The van der Waals surface area contributed by atoms with Crippen molar-refractivity contribution in [3.8, 4) is 0 Å². The highest BCUT2D eigenvalue weighted by Gasteiger charge is 2.29. The van der Waals surface area contributed by atoms with Crippen LogP contribution in [0.1, 0.15) is 22.7 Å². The Morgan fingerprint density at radius 3 is 2.43 bits per heavy atom. The van der Waals surface area contributed by atoms with Crippen molar-refractivity contribution in [3.63, 3.8) is 0 Å². The Morgan fingerprint density at radius 1 is 1.10 bits per heavy atom. The van der Waals surface area contributed by atoms with Gasteiger partial charge in [0, 0.05) is 12.1 Å². The fourth-order valence-electron chi connectivity index (χ4n) is 2.47. The van der Waals surface area contributed by atoms with Gasteiger partial charge in [0.25, 0.3) is 5.69 Å². The smallest absolute Gasteiger partial charge is 0.258 e. The van der Waals surface area contributed by atoms with E-state index in [9.17, 15) is 18.5 Å². The van der Waals surface area contributed by atoms with Crippen LogP contribution in [0.4, 0.5) is 5.69 Å². The summed E-state index contributed by atoms with van der Waals surface area (Å²) in [5, 5.41) is 10.7. The van der Waals surface area contributed by atoms with Crippen LogP contribution >= 0.6 is 0 Å². The summed E-state index contributed by atoms with van der Waals surface area (Å²) in [4.78, 5) is 10.2. The number of sulfonamides is 1. The second kappa shape index (κ2) is 4.94. The number of nitrogens with one attached hydrogen (secondary N) is 1. The molecule has 0 radical (unpaired) electrons. The molecule has 1 aliphatic rings. The molecule has 6 nitrogen and oxygen atoms in total. The Morgan fingerprint density at radius 2 is 1.76 bits per heavy atom. The molecule has 0 spiro atoms. The fraction of sp³-hybridized carbons (Fsp3) is 0.143. The van der Waals surface area contributed by atoms with E-state index in [0.29, 0.717) is 5.56 Å². The molecule has 0 saturated carbocycles. The third-order valence-electron chi connectivity index (χ3n) is 3.45. The minimum Gasteiger partial charge on any atom is -0.258 e. The third-order valence-corrected chi connectivity index (χ3v) is 4.73. The minimum atomic E-state index is -3.40. The van der Waals surface area contributed by atoms with Crippen molar-refractivity contribution in [2.24, 2.45) is 0 Å². The van der Waals surface area contributed by atoms with E-state index in [1.54, 1.807) is 24.3 Å². The van der Waals surface area contributed by atoms with Gasteiger partial charge in [0.05, 0.1) is 16.7 Å². The zero-order valence-corrected chi connectivity index (χ0v) is 11.7. The summed E-state index contributed by atoms with van der Waals surface area (Å²) in [6.07, 6.45) is 0. The van der Waals surface area contributed by atoms with E-state index in [4.69, 9.17) is 0 Å². The number of hydrogen-bond acceptors (Lipinski definition) is 4. The van der Waals surface area contributed by atoms with Crippen LogP contribution in [-0.4, -0.2) is 13.3 Å². The molecule has 0 fully saturated rings. The van der Waals surface area contributed by atoms with Gasteiger partial charge in [-0.1, -0.05) is 36.4 Å². The molecule has 0 aromatic heterocycles. The molecule has 1 heterocycles. The molecule has 1 unspecified atom stereocenters. The average Bonchev–Trinajstić information content (AvgIpc) is 2.45. The lowest BCUT2D eigenvalue weighted by Crippen LogP contribution is -2.35. The maximum Gasteiger partial charge on any atom is 0.269 e. The molecule has 0 amide bonds. The van der Waals surface area contributed by atoms with Crippen molar-refractivity contribution < 1.29 is 13.3 Å². The van der Waals surface area contributed by atoms with E-state index < -0.39 is 21.0 Å². The largest absolute Gasteiger partial charge is 0.269 e. The van der Waals surface area contributed by atoms with Gasteiger partial charge in [0.2, 0.25) is 10.0 Å². The van der Waals surface area contributed by atoms with Crippen LogP contribution in [-0.2, 0) is 15.8 Å². The second-order valence-electron chi connectivity index (χ2n) is 4.86. The van der Waals surface area contributed by atoms with Crippen molar-refractivity contribution in [2.75, 3.05) is 0 Å². The van der Waals surface area contributed by atoms with E-state index >= 15 is 0 Å². The lowest BCUT2D eigenvalue weighted by molar-refractivity contribution is -0.384. The molecule has 0 aliphatic carbocycles. The molecular weight excluding hydrogens is 292 g/mol. The van der Waals surface area contributed by atoms with Crippen molar-refractivity contribution in [3.05, 3.63) is 75.3 Å². The number of non-ortho nitro benzene ring substituents is 1. The maximum absolute atomic E-state index is 12.0. The highest BCUT2D eigenvalue weighted by molar-refractivity contribution is 7.88. The lowest BCUT2D eigenvalue weighted by atomic mass is 9.95. The van der Waals surface area contributed by atoms with Gasteiger partial charge < -0.3 is 0 Å². The molecule has 1 atom stereocenters. The first kappa shape index (κ1) is 13.7. The van der Waals surface area contributed by atoms with Crippen LogP contribution in [0.15, 0.2) is 48.5 Å². The van der Waals surface area contributed by atoms with Gasteiger partial charge in [-0.25, -0.2) is 13.1 Å². The molecule has 0 saturated heterocycles. The molecule has 1 aliphatic heterocycles. The quantitative estimate of drug-likeness (QED) is 0.679. The summed E-state index contributed by atoms with van der Waals surface area (Å²) in [7, 11) is -3.40. The van der Waals surface area contributed by atoms with Crippen LogP contribution in [0, 0.1) is 10.1 Å². The van der Waals surface area contributed by atoms with Gasteiger partial charge >= 0.3 is 0 Å². The Hall–Kier alpha value is -2.25. The van der Waals surface area contributed by atoms with Crippen LogP contribution < -0.4 is 4.72 Å². The Kier molecular flexibility index (Phi) is 3.23. The molecule has 21 heavy (non-hydrogen) atoms. The van der Waals surface area contributed by atoms with E-state index in [1.165, 1.54) is 12.1 Å². The van der Waals surface area contributed by atoms with Crippen molar-refractivity contribution >= 4 is 15.7 Å². The summed E-state index contributed by atoms with van der Waals surface area (Å²) in [5.41, 5.74) is 2.28. The van der Waals surface area contributed by atoms with Crippen LogP contribution in [0.5, 0.6) is 0 Å². The van der Waals surface area contributed by atoms with E-state index in [0.717, 1.165) is 11.1 Å². The van der Waals surface area contributed by atoms with Crippen LogP contribution in [0.3, 0.4) is 0 Å². The minimum absolute atomic E-state index is 0.0225. The monoisotopic (exact) mass is 304 g/mol. The van der Waals surface area contributed by atoms with E-state index in [2.05, 4.69) is 4.72 Å². The normalized spacial score (nSPS) is 19.7. The summed E-state index contributed by atoms with van der Waals surface area (Å²) in [6, 6.07) is 12.7. The highest BCUT2D eigenvalue weighted by Crippen LogP contribution is 2.31. The number of hydrogen-bond donors (Lipinski definition) is 1. The summed E-state index contributed by atoms with van der Waals surface area (Å²) in [5.74, 6) is -0.0490. The van der Waals surface area contributed by atoms with Gasteiger partial charge in [-0.3, -0.25) is 10.1 Å². The number of nitro benzene ring substituents is 1. The topological polar surface area (TPSA) is 89.3 Å². The number of benzene rings is 2. The number of nitrogens with zero attached hydrogens (tertiary/aromatic N) is 1. The van der Waals surface area contributed by atoms with Gasteiger partial charge in [0.1, 0.15) is 0 Å². The average molecular weight is 304 g/mol. The molecule has 108 valence electrons. The SMILES string of the molecule is O=[N+]([O-])c1ccc(C2NS(=O)(=O)Cc3ccccc32)cc1. The zero-order chi connectivity index (χ0) is 15.0. The summed E-state index contributed by atoms with van der Waals surface area (Å²) < 4.78 is 26.5. The summed E-state index contributed by atoms with van der Waals surface area (Å²) >= 11 is 0. The van der Waals surface area contributed by atoms with Crippen molar-refractivity contribution in [2.45, 2.75) is 11.8 Å². The maximum atomic E-state index is 12.0. The van der Waals surface area contributed by atoms with E-state index in [-0.39, 0.29) is 11.4 Å². The predicted octanol–water partition coefficient (Wildman–Crippen LogP) is 2.12. The Balaban J connectivity index is 2.07.